The highest BCUT2D eigenvalue weighted by Crippen LogP contribution is 2.28. The van der Waals surface area contributed by atoms with Crippen molar-refractivity contribution < 1.29 is 30.7 Å². The largest absolute Gasteiger partial charge is 1.00 e. The lowest BCUT2D eigenvalue weighted by Gasteiger charge is -1.96. The van der Waals surface area contributed by atoms with Gasteiger partial charge >= 0.3 is 8.87 Å². The van der Waals surface area contributed by atoms with Crippen LogP contribution < -0.4 is 12.4 Å². The zero-order chi connectivity index (χ0) is 12.5. The first-order valence-corrected chi connectivity index (χ1v) is 6.37. The highest BCUT2D eigenvalue weighted by atomic mass is 35.5. The van der Waals surface area contributed by atoms with Gasteiger partial charge in [0.1, 0.15) is 0 Å². The monoisotopic (exact) mass is 300 g/mol. The second-order valence-electron chi connectivity index (χ2n) is 2.67. The molecule has 1 rings (SSSR count). The molecule has 11 heteroatoms. The summed E-state index contributed by atoms with van der Waals surface area (Å²) >= 11 is 2.32. The first-order valence-electron chi connectivity index (χ1n) is 3.66. The molecule has 0 aliphatic rings. The average Bonchev–Trinajstić information content (AvgIpc) is 2.15. The Kier molecular flexibility index (Phi) is 4.86. The molecule has 0 bridgehead atoms. The Morgan fingerprint density at radius 1 is 1.12 bits per heavy atom. The van der Waals surface area contributed by atoms with Gasteiger partial charge in [0, 0.05) is 6.07 Å². The smallest absolute Gasteiger partial charge is 0.347 e. The van der Waals surface area contributed by atoms with Gasteiger partial charge < -0.3 is 12.4 Å². The van der Waals surface area contributed by atoms with Gasteiger partial charge in [-0.1, -0.05) is 0 Å². The maximum Gasteiger partial charge on any atom is 0.347 e. The molecule has 0 amide bonds. The predicted molar refractivity (Wildman–Crippen MR) is 57.1 cm³/mol. The molecule has 94 valence electrons. The third-order valence-corrected chi connectivity index (χ3v) is 3.22. The molecule has 0 atom stereocenters. The zero-order valence-corrected chi connectivity index (χ0v) is 10.4. The van der Waals surface area contributed by atoms with Crippen molar-refractivity contribution in [3.63, 3.8) is 0 Å². The molecule has 8 nitrogen and oxygen atoms in total. The van der Waals surface area contributed by atoms with Crippen molar-refractivity contribution >= 4 is 31.9 Å². The summed E-state index contributed by atoms with van der Waals surface area (Å²) in [5, 5.41) is 20.9. The van der Waals surface area contributed by atoms with Crippen LogP contribution in [0.15, 0.2) is 23.1 Å². The Labute approximate surface area is 106 Å². The molecule has 0 saturated carbocycles. The Balaban J connectivity index is 0.00000256. The van der Waals surface area contributed by atoms with Crippen molar-refractivity contribution in [3.05, 3.63) is 38.4 Å². The van der Waals surface area contributed by atoms with E-state index in [1.807, 2.05) is 0 Å². The normalized spacial score (nSPS) is 10.4. The lowest BCUT2D eigenvalue weighted by molar-refractivity contribution is -0.396. The van der Waals surface area contributed by atoms with Gasteiger partial charge in [-0.05, 0) is 6.07 Å². The van der Waals surface area contributed by atoms with E-state index in [1.54, 1.807) is 0 Å². The third-order valence-electron chi connectivity index (χ3n) is 1.64. The number of rotatable bonds is 3. The molecule has 0 fully saturated rings. The molecule has 1 aromatic carbocycles. The summed E-state index contributed by atoms with van der Waals surface area (Å²) in [5.41, 5.74) is -1.39. The minimum Gasteiger partial charge on any atom is -1.00 e. The number of nitro groups is 2. The molecule has 0 N–H and O–H groups in total. The summed E-state index contributed by atoms with van der Waals surface area (Å²) in [6.45, 7) is 0. The van der Waals surface area contributed by atoms with E-state index in [9.17, 15) is 28.6 Å². The van der Waals surface area contributed by atoms with Crippen LogP contribution in [0.3, 0.4) is 0 Å². The molecule has 17 heavy (non-hydrogen) atoms. The van der Waals surface area contributed by atoms with Gasteiger partial charge in [0.25, 0.3) is 11.4 Å². The van der Waals surface area contributed by atoms with Gasteiger partial charge in [-0.3, -0.25) is 20.2 Å². The summed E-state index contributed by atoms with van der Waals surface area (Å²) in [6, 6.07) is 2.27. The van der Waals surface area contributed by atoms with Gasteiger partial charge in [-0.25, -0.2) is 0 Å². The van der Waals surface area contributed by atoms with Crippen LogP contribution in [0.5, 0.6) is 0 Å². The molecule has 1 aromatic rings. The van der Waals surface area contributed by atoms with Gasteiger partial charge in [0.05, 0.1) is 27.6 Å². The van der Waals surface area contributed by atoms with Crippen LogP contribution in [0.1, 0.15) is 0 Å². The minimum absolute atomic E-state index is 0. The van der Waals surface area contributed by atoms with Crippen LogP contribution in [0.2, 0.25) is 0 Å². The minimum atomic E-state index is -3.98. The highest BCUT2D eigenvalue weighted by Gasteiger charge is 2.29. The summed E-state index contributed by atoms with van der Waals surface area (Å²) < 4.78 is 22.2. The SMILES string of the molecule is O=[N+]([O-])c1ccc(S(=O)(=O)[SH2+])c([N+](=O)[O-])c1.[Cl-]. The second-order valence-corrected chi connectivity index (χ2v) is 5.73. The van der Waals surface area contributed by atoms with Gasteiger partial charge in [-0.2, -0.15) is 8.42 Å². The zero-order valence-electron chi connectivity index (χ0n) is 7.86. The fraction of sp³-hybridized carbons (Fsp3) is 0. The molecule has 0 aliphatic heterocycles. The Morgan fingerprint density at radius 2 is 1.65 bits per heavy atom. The number of nitro benzene ring substituents is 2. The van der Waals surface area contributed by atoms with Crippen molar-refractivity contribution in [1.82, 2.24) is 0 Å². The summed E-state index contributed by atoms with van der Waals surface area (Å²) in [4.78, 5) is 18.4. The molecule has 0 radical (unpaired) electrons. The van der Waals surface area contributed by atoms with Crippen molar-refractivity contribution in [2.45, 2.75) is 4.90 Å². The van der Waals surface area contributed by atoms with Crippen LogP contribution in [-0.4, -0.2) is 18.3 Å². The van der Waals surface area contributed by atoms with Gasteiger partial charge in [-0.15, -0.1) is 0 Å². The molecule has 0 aromatic heterocycles. The number of nitrogens with zero attached hydrogens (tertiary/aromatic N) is 2. The van der Waals surface area contributed by atoms with Crippen molar-refractivity contribution in [2.24, 2.45) is 0 Å². The number of hydrogen-bond donors (Lipinski definition) is 0. The summed E-state index contributed by atoms with van der Waals surface area (Å²) in [6.07, 6.45) is 0. The fourth-order valence-electron chi connectivity index (χ4n) is 0.989. The van der Waals surface area contributed by atoms with Crippen LogP contribution in [0.4, 0.5) is 11.4 Å². The van der Waals surface area contributed by atoms with E-state index in [4.69, 9.17) is 0 Å². The first kappa shape index (κ1) is 15.6. The first-order chi connectivity index (χ1) is 7.23. The quantitative estimate of drug-likeness (QED) is 0.257. The van der Waals surface area contributed by atoms with Gasteiger partial charge in [0.15, 0.2) is 4.90 Å². The Hall–Kier alpha value is -1.39. The van der Waals surface area contributed by atoms with Crippen LogP contribution in [0.25, 0.3) is 0 Å². The third kappa shape index (κ3) is 3.54. The van der Waals surface area contributed by atoms with E-state index in [0.717, 1.165) is 12.1 Å². The number of non-ortho nitro benzene ring substituents is 1. The van der Waals surface area contributed by atoms with E-state index in [2.05, 4.69) is 11.7 Å². The Morgan fingerprint density at radius 3 is 2.00 bits per heavy atom. The highest BCUT2D eigenvalue weighted by molar-refractivity contribution is 8.53. The second kappa shape index (κ2) is 5.29. The summed E-state index contributed by atoms with van der Waals surface area (Å²) in [5.74, 6) is 0. The fourth-order valence-corrected chi connectivity index (χ4v) is 2.16. The standard InChI is InChI=1S/C6H4N2O6S2.ClH/c9-7(10)4-1-2-6(16(13,14)15)5(3-4)8(11)12;/h1-3H,(H,13,14,15);1H. The topological polar surface area (TPSA) is 120 Å². The van der Waals surface area contributed by atoms with Crippen molar-refractivity contribution in [2.75, 3.05) is 0 Å². The van der Waals surface area contributed by atoms with Crippen molar-refractivity contribution in [1.29, 1.82) is 0 Å². The maximum absolute atomic E-state index is 11.1. The molecule has 0 spiro atoms. The van der Waals surface area contributed by atoms with Gasteiger partial charge in [0.2, 0.25) is 0 Å². The molecule has 0 heterocycles. The molecule has 0 saturated heterocycles. The number of hydrogen-bond acceptors (Lipinski definition) is 6. The van der Waals surface area contributed by atoms with Crippen LogP contribution in [0, 0.1) is 20.2 Å². The predicted octanol–water partition coefficient (Wildman–Crippen LogP) is -2.79. The lowest BCUT2D eigenvalue weighted by Crippen LogP contribution is -3.00. The van der Waals surface area contributed by atoms with E-state index in [0.29, 0.717) is 6.07 Å². The molecular formula is C6H5ClN2O6S2. The Bertz CT molecular complexity index is 572. The molecule has 0 unspecified atom stereocenters. The number of halogens is 1. The molecule has 0 aliphatic carbocycles. The summed E-state index contributed by atoms with van der Waals surface area (Å²) in [7, 11) is -3.98. The lowest BCUT2D eigenvalue weighted by atomic mass is 10.3. The van der Waals surface area contributed by atoms with Crippen LogP contribution in [-0.2, 0) is 20.5 Å². The number of benzene rings is 1. The maximum atomic E-state index is 11.1. The molecular weight excluding hydrogens is 296 g/mol. The average molecular weight is 301 g/mol. The van der Waals surface area contributed by atoms with E-state index >= 15 is 0 Å². The van der Waals surface area contributed by atoms with Crippen LogP contribution >= 0.6 is 0 Å². The van der Waals surface area contributed by atoms with Crippen molar-refractivity contribution in [3.8, 4) is 0 Å². The van der Waals surface area contributed by atoms with E-state index in [-0.39, 0.29) is 12.4 Å². The van der Waals surface area contributed by atoms with E-state index < -0.39 is 35.0 Å². The van der Waals surface area contributed by atoms with E-state index in [1.165, 1.54) is 0 Å².